The van der Waals surface area contributed by atoms with E-state index < -0.39 is 0 Å². The molecule has 2 aliphatic rings. The van der Waals surface area contributed by atoms with Crippen LogP contribution in [-0.4, -0.2) is 0 Å². The molecule has 2 atom stereocenters. The summed E-state index contributed by atoms with van der Waals surface area (Å²) in [6, 6.07) is 0. The van der Waals surface area contributed by atoms with Gasteiger partial charge in [0.05, 0.1) is 0 Å². The third kappa shape index (κ3) is 2.27. The highest BCUT2D eigenvalue weighted by atomic mass is 14.6. The largest absolute Gasteiger partial charge is 0.402 e. The molecule has 2 aliphatic carbocycles. The van der Waals surface area contributed by atoms with E-state index in [0.29, 0.717) is 5.92 Å². The van der Waals surface area contributed by atoms with Crippen LogP contribution in [0.2, 0.25) is 0 Å². The molecule has 0 bridgehead atoms. The van der Waals surface area contributed by atoms with Gasteiger partial charge in [-0.25, -0.2) is 0 Å². The van der Waals surface area contributed by atoms with E-state index in [4.69, 9.17) is 5.73 Å². The van der Waals surface area contributed by atoms with Crippen molar-refractivity contribution in [1.29, 1.82) is 0 Å². The van der Waals surface area contributed by atoms with Gasteiger partial charge in [-0.15, -0.1) is 0 Å². The second kappa shape index (κ2) is 4.42. The Bertz CT molecular complexity index is 298. The molecule has 0 aromatic heterocycles. The fourth-order valence-corrected chi connectivity index (χ4v) is 2.88. The van der Waals surface area contributed by atoms with Crippen molar-refractivity contribution < 1.29 is 0 Å². The summed E-state index contributed by atoms with van der Waals surface area (Å²) < 4.78 is 0. The molecule has 2 N–H and O–H groups in total. The van der Waals surface area contributed by atoms with E-state index in [-0.39, 0.29) is 0 Å². The molecule has 15 heavy (non-hydrogen) atoms. The average molecular weight is 205 g/mol. The molecule has 0 aromatic rings. The minimum Gasteiger partial charge on any atom is -0.402 e. The highest BCUT2D eigenvalue weighted by Crippen LogP contribution is 2.36. The predicted octanol–water partition coefficient (Wildman–Crippen LogP) is 3.77. The molecule has 0 saturated carbocycles. The summed E-state index contributed by atoms with van der Waals surface area (Å²) in [5.41, 5.74) is 10.5. The minimum absolute atomic E-state index is 0.604. The van der Waals surface area contributed by atoms with E-state index in [2.05, 4.69) is 19.9 Å². The molecule has 0 aromatic carbocycles. The van der Waals surface area contributed by atoms with Crippen LogP contribution in [0.25, 0.3) is 0 Å². The maximum absolute atomic E-state index is 6.24. The van der Waals surface area contributed by atoms with Gasteiger partial charge in [-0.1, -0.05) is 19.9 Å². The molecule has 1 heteroatoms. The van der Waals surface area contributed by atoms with Gasteiger partial charge in [0.15, 0.2) is 0 Å². The van der Waals surface area contributed by atoms with E-state index >= 15 is 0 Å². The molecule has 2 unspecified atom stereocenters. The number of allylic oxidation sites excluding steroid dienone is 4. The lowest BCUT2D eigenvalue weighted by Gasteiger charge is -2.28. The molecule has 84 valence electrons. The summed E-state index contributed by atoms with van der Waals surface area (Å²) in [5.74, 6) is 1.45. The maximum atomic E-state index is 6.24. The van der Waals surface area contributed by atoms with Gasteiger partial charge in [0.1, 0.15) is 0 Å². The lowest BCUT2D eigenvalue weighted by molar-refractivity contribution is 0.491. The zero-order valence-corrected chi connectivity index (χ0v) is 10.1. The van der Waals surface area contributed by atoms with Crippen LogP contribution in [0.15, 0.2) is 22.9 Å². The van der Waals surface area contributed by atoms with Gasteiger partial charge < -0.3 is 5.73 Å². The van der Waals surface area contributed by atoms with Crippen molar-refractivity contribution in [2.45, 2.75) is 52.4 Å². The van der Waals surface area contributed by atoms with Gasteiger partial charge in [-0.2, -0.15) is 0 Å². The maximum Gasteiger partial charge on any atom is 0.0144 e. The van der Waals surface area contributed by atoms with Crippen molar-refractivity contribution in [2.75, 3.05) is 0 Å². The minimum atomic E-state index is 0.604. The van der Waals surface area contributed by atoms with Crippen LogP contribution in [0.3, 0.4) is 0 Å². The van der Waals surface area contributed by atoms with E-state index in [0.717, 1.165) is 5.92 Å². The van der Waals surface area contributed by atoms with Gasteiger partial charge in [0.2, 0.25) is 0 Å². The van der Waals surface area contributed by atoms with Crippen molar-refractivity contribution in [3.63, 3.8) is 0 Å². The second-order valence-corrected chi connectivity index (χ2v) is 5.34. The van der Waals surface area contributed by atoms with Crippen LogP contribution in [0.1, 0.15) is 52.4 Å². The first-order valence-corrected chi connectivity index (χ1v) is 6.36. The van der Waals surface area contributed by atoms with Gasteiger partial charge >= 0.3 is 0 Å². The third-order valence-electron chi connectivity index (χ3n) is 3.95. The number of nitrogens with two attached hydrogens (primary N) is 1. The molecule has 0 heterocycles. The molecular weight excluding hydrogens is 182 g/mol. The topological polar surface area (TPSA) is 26.0 Å². The molecule has 0 aliphatic heterocycles. The summed E-state index contributed by atoms with van der Waals surface area (Å²) in [4.78, 5) is 0. The van der Waals surface area contributed by atoms with Crippen LogP contribution in [-0.2, 0) is 0 Å². The quantitative estimate of drug-likeness (QED) is 0.693. The first-order valence-electron chi connectivity index (χ1n) is 6.36. The number of rotatable bonds is 1. The van der Waals surface area contributed by atoms with Crippen LogP contribution >= 0.6 is 0 Å². The van der Waals surface area contributed by atoms with E-state index in [1.807, 2.05) is 0 Å². The second-order valence-electron chi connectivity index (χ2n) is 5.34. The van der Waals surface area contributed by atoms with Gasteiger partial charge in [-0.05, 0) is 61.5 Å². The highest BCUT2D eigenvalue weighted by molar-refractivity contribution is 5.37. The Balaban J connectivity index is 2.22. The van der Waals surface area contributed by atoms with E-state index in [1.54, 1.807) is 5.57 Å². The van der Waals surface area contributed by atoms with Crippen molar-refractivity contribution in [3.05, 3.63) is 22.9 Å². The fourth-order valence-electron chi connectivity index (χ4n) is 2.88. The summed E-state index contributed by atoms with van der Waals surface area (Å²) >= 11 is 0. The molecule has 0 spiro atoms. The Morgan fingerprint density at radius 1 is 1.27 bits per heavy atom. The Kier molecular flexibility index (Phi) is 3.18. The Morgan fingerprint density at radius 2 is 2.07 bits per heavy atom. The van der Waals surface area contributed by atoms with Crippen molar-refractivity contribution in [3.8, 4) is 0 Å². The zero-order valence-electron chi connectivity index (χ0n) is 10.1. The van der Waals surface area contributed by atoms with Crippen molar-refractivity contribution >= 4 is 0 Å². The van der Waals surface area contributed by atoms with Crippen LogP contribution in [0.4, 0.5) is 0 Å². The Labute approximate surface area is 93.4 Å². The Hall–Kier alpha value is -0.720. The predicted molar refractivity (Wildman–Crippen MR) is 65.3 cm³/mol. The Morgan fingerprint density at radius 3 is 2.80 bits per heavy atom. The first kappa shape index (κ1) is 10.8. The molecule has 2 rings (SSSR count). The highest BCUT2D eigenvalue weighted by Gasteiger charge is 2.21. The monoisotopic (exact) mass is 205 g/mol. The molecule has 0 fully saturated rings. The van der Waals surface area contributed by atoms with Crippen LogP contribution in [0, 0.1) is 11.8 Å². The summed E-state index contributed by atoms with van der Waals surface area (Å²) in [6.07, 6.45) is 10.1. The fraction of sp³-hybridized carbons (Fsp3) is 0.714. The SMILES string of the molecule is CC1CCC=C(C2=C(N)C(C)CCC2)C1. The van der Waals surface area contributed by atoms with Crippen LogP contribution < -0.4 is 5.73 Å². The smallest absolute Gasteiger partial charge is 0.0144 e. The first-order chi connectivity index (χ1) is 7.18. The van der Waals surface area contributed by atoms with E-state index in [1.165, 1.54) is 49.8 Å². The van der Waals surface area contributed by atoms with Gasteiger partial charge in [-0.3, -0.25) is 0 Å². The normalized spacial score (nSPS) is 32.8. The van der Waals surface area contributed by atoms with Crippen LogP contribution in [0.5, 0.6) is 0 Å². The molecule has 0 amide bonds. The number of hydrogen-bond donors (Lipinski definition) is 1. The standard InChI is InChI=1S/C14H23N/c1-10-5-3-7-12(9-10)13-8-4-6-11(2)14(13)15/h7,10-11H,3-6,8-9,15H2,1-2H3. The average Bonchev–Trinajstić information content (AvgIpc) is 2.22. The molecule has 0 saturated heterocycles. The lowest BCUT2D eigenvalue weighted by Crippen LogP contribution is -2.19. The summed E-state index contributed by atoms with van der Waals surface area (Å²) in [6.45, 7) is 4.62. The van der Waals surface area contributed by atoms with Crippen molar-refractivity contribution in [2.24, 2.45) is 17.6 Å². The van der Waals surface area contributed by atoms with Gasteiger partial charge in [0, 0.05) is 5.70 Å². The van der Waals surface area contributed by atoms with Gasteiger partial charge in [0.25, 0.3) is 0 Å². The summed E-state index contributed by atoms with van der Waals surface area (Å²) in [5, 5.41) is 0. The lowest BCUT2D eigenvalue weighted by atomic mass is 9.79. The zero-order chi connectivity index (χ0) is 10.8. The molecular formula is C14H23N. The molecule has 1 nitrogen and oxygen atoms in total. The van der Waals surface area contributed by atoms with Crippen molar-refractivity contribution in [1.82, 2.24) is 0 Å². The van der Waals surface area contributed by atoms with E-state index in [9.17, 15) is 0 Å². The molecule has 0 radical (unpaired) electrons. The number of hydrogen-bond acceptors (Lipinski definition) is 1. The summed E-state index contributed by atoms with van der Waals surface area (Å²) in [7, 11) is 0. The third-order valence-corrected chi connectivity index (χ3v) is 3.95.